The van der Waals surface area contributed by atoms with Crippen molar-refractivity contribution in [1.29, 1.82) is 5.41 Å². The molecule has 0 rings (SSSR count). The fourth-order valence-corrected chi connectivity index (χ4v) is 1.50. The number of esters is 2. The monoisotopic (exact) mass is 497 g/mol. The first-order valence-electron chi connectivity index (χ1n) is 6.95. The van der Waals surface area contributed by atoms with Crippen LogP contribution in [0.25, 0.3) is 0 Å². The molecule has 0 atom stereocenters. The molecule has 0 saturated carbocycles. The molecule has 0 heterocycles. The zero-order valence-corrected chi connectivity index (χ0v) is 13.9. The maximum absolute atomic E-state index is 13.4. The summed E-state index contributed by atoms with van der Waals surface area (Å²) in [6.45, 7) is 0. The number of ether oxygens (including phenoxy) is 1. The molecule has 0 aromatic rings. The predicted octanol–water partition coefficient (Wildman–Crippen LogP) is 4.86. The van der Waals surface area contributed by atoms with Crippen LogP contribution in [-0.2, 0) is 14.3 Å². The van der Waals surface area contributed by atoms with E-state index in [0.717, 1.165) is 0 Å². The second-order valence-corrected chi connectivity index (χ2v) is 5.45. The molecule has 0 aromatic heterocycles. The minimum absolute atomic E-state index is 0.357. The standard InChI is InChI=1S/C12H6F15NO3/c13-6(14,5(30)31-4(29)2-1-3-28)7(15,16)8(17,18)9(19,20)10(21,22)11(23,24)12(25,26)27/h3,28H,1-2H2. The van der Waals surface area contributed by atoms with Crippen LogP contribution in [0.5, 0.6) is 0 Å². The average Bonchev–Trinajstić information content (AvgIpc) is 2.57. The van der Waals surface area contributed by atoms with Gasteiger partial charge in [0.25, 0.3) is 0 Å². The van der Waals surface area contributed by atoms with Crippen LogP contribution in [0.1, 0.15) is 12.8 Å². The van der Waals surface area contributed by atoms with Crippen molar-refractivity contribution in [1.82, 2.24) is 0 Å². The van der Waals surface area contributed by atoms with Crippen molar-refractivity contribution in [3.63, 3.8) is 0 Å². The summed E-state index contributed by atoms with van der Waals surface area (Å²) in [6, 6.07) is 0. The van der Waals surface area contributed by atoms with Crippen molar-refractivity contribution >= 4 is 18.2 Å². The van der Waals surface area contributed by atoms with Crippen molar-refractivity contribution in [3.05, 3.63) is 0 Å². The number of hydrogen-bond donors (Lipinski definition) is 1. The number of halogens is 15. The molecule has 4 nitrogen and oxygen atoms in total. The second kappa shape index (κ2) is 8.03. The molecule has 182 valence electrons. The lowest BCUT2D eigenvalue weighted by Gasteiger charge is -2.40. The maximum atomic E-state index is 13.4. The van der Waals surface area contributed by atoms with Crippen LogP contribution in [-0.4, -0.2) is 59.9 Å². The van der Waals surface area contributed by atoms with Crippen molar-refractivity contribution in [2.24, 2.45) is 0 Å². The Kier molecular flexibility index (Phi) is 7.45. The van der Waals surface area contributed by atoms with Gasteiger partial charge in [0.05, 0.1) is 6.42 Å². The smallest absolute Gasteiger partial charge is 0.388 e. The summed E-state index contributed by atoms with van der Waals surface area (Å²) < 4.78 is 196. The molecule has 0 aliphatic carbocycles. The Morgan fingerprint density at radius 1 is 0.645 bits per heavy atom. The molecule has 31 heavy (non-hydrogen) atoms. The van der Waals surface area contributed by atoms with Crippen LogP contribution in [0, 0.1) is 5.41 Å². The summed E-state index contributed by atoms with van der Waals surface area (Å²) in [4.78, 5) is 21.7. The third-order valence-corrected chi connectivity index (χ3v) is 3.28. The summed E-state index contributed by atoms with van der Waals surface area (Å²) in [6.07, 6.45) is -9.30. The molecule has 19 heteroatoms. The van der Waals surface area contributed by atoms with Crippen LogP contribution >= 0.6 is 0 Å². The van der Waals surface area contributed by atoms with Crippen LogP contribution in [0.15, 0.2) is 0 Å². The average molecular weight is 497 g/mol. The van der Waals surface area contributed by atoms with E-state index >= 15 is 0 Å². The Hall–Kier alpha value is -2.24. The van der Waals surface area contributed by atoms with Crippen LogP contribution in [0.3, 0.4) is 0 Å². The number of alkyl halides is 15. The van der Waals surface area contributed by atoms with Crippen molar-refractivity contribution in [2.45, 2.75) is 54.6 Å². The van der Waals surface area contributed by atoms with E-state index in [4.69, 9.17) is 5.41 Å². The van der Waals surface area contributed by atoms with Gasteiger partial charge in [-0.05, 0) is 12.6 Å². The van der Waals surface area contributed by atoms with E-state index in [2.05, 4.69) is 4.74 Å². The summed E-state index contributed by atoms with van der Waals surface area (Å²) in [5.74, 6) is -55.2. The summed E-state index contributed by atoms with van der Waals surface area (Å²) >= 11 is 0. The Labute approximate surface area is 159 Å². The van der Waals surface area contributed by atoms with Crippen molar-refractivity contribution < 1.29 is 80.2 Å². The number of hydrogen-bond acceptors (Lipinski definition) is 4. The fourth-order valence-electron chi connectivity index (χ4n) is 1.50. The summed E-state index contributed by atoms with van der Waals surface area (Å²) in [7, 11) is 0. The Bertz CT molecular complexity index is 713. The number of carbonyl (C=O) groups is 2. The molecule has 0 aliphatic heterocycles. The van der Waals surface area contributed by atoms with E-state index in [1.807, 2.05) is 0 Å². The van der Waals surface area contributed by atoms with E-state index in [0.29, 0.717) is 6.21 Å². The van der Waals surface area contributed by atoms with Gasteiger partial charge in [-0.25, -0.2) is 4.79 Å². The fraction of sp³-hybridized carbons (Fsp3) is 0.750. The molecule has 0 aromatic carbocycles. The van der Waals surface area contributed by atoms with Gasteiger partial charge < -0.3 is 10.1 Å². The Balaban J connectivity index is 6.34. The van der Waals surface area contributed by atoms with Gasteiger partial charge in [-0.15, -0.1) is 0 Å². The lowest BCUT2D eigenvalue weighted by molar-refractivity contribution is -0.450. The molecule has 0 fully saturated rings. The highest BCUT2D eigenvalue weighted by Crippen LogP contribution is 2.62. The number of rotatable bonds is 9. The van der Waals surface area contributed by atoms with Crippen LogP contribution in [0.4, 0.5) is 65.9 Å². The van der Waals surface area contributed by atoms with Gasteiger partial charge >= 0.3 is 53.7 Å². The van der Waals surface area contributed by atoms with E-state index in [9.17, 15) is 75.4 Å². The minimum Gasteiger partial charge on any atom is -0.388 e. The topological polar surface area (TPSA) is 67.2 Å². The largest absolute Gasteiger partial charge is 0.460 e. The molecule has 0 bridgehead atoms. The predicted molar refractivity (Wildman–Crippen MR) is 64.9 cm³/mol. The van der Waals surface area contributed by atoms with Gasteiger partial charge in [0.2, 0.25) is 0 Å². The van der Waals surface area contributed by atoms with Crippen LogP contribution < -0.4 is 0 Å². The molecule has 0 aliphatic rings. The molecule has 0 saturated heterocycles. The van der Waals surface area contributed by atoms with E-state index in [1.54, 1.807) is 0 Å². The quantitative estimate of drug-likeness (QED) is 0.214. The molecule has 1 N–H and O–H groups in total. The Morgan fingerprint density at radius 3 is 1.35 bits per heavy atom. The number of nitrogens with one attached hydrogen (secondary N) is 1. The lowest BCUT2D eigenvalue weighted by atomic mass is 9.91. The van der Waals surface area contributed by atoms with Gasteiger partial charge in [0.1, 0.15) is 0 Å². The van der Waals surface area contributed by atoms with E-state index in [-0.39, 0.29) is 0 Å². The maximum Gasteiger partial charge on any atom is 0.460 e. The van der Waals surface area contributed by atoms with Gasteiger partial charge in [-0.3, -0.25) is 4.79 Å². The van der Waals surface area contributed by atoms with Gasteiger partial charge in [-0.2, -0.15) is 65.9 Å². The van der Waals surface area contributed by atoms with Gasteiger partial charge in [-0.1, -0.05) is 0 Å². The Morgan fingerprint density at radius 2 is 1.00 bits per heavy atom. The van der Waals surface area contributed by atoms with E-state index < -0.39 is 66.5 Å². The normalized spacial score (nSPS) is 14.9. The first-order chi connectivity index (χ1) is 13.4. The van der Waals surface area contributed by atoms with Crippen molar-refractivity contribution in [3.8, 4) is 0 Å². The SMILES string of the molecule is N=CCCC(=O)OC(=O)C(F)(F)C(F)(F)C(F)(F)C(F)(F)C(F)(F)C(F)(F)C(F)(F)F. The molecule has 0 radical (unpaired) electrons. The van der Waals surface area contributed by atoms with Gasteiger partial charge in [0.15, 0.2) is 0 Å². The highest BCUT2D eigenvalue weighted by molar-refractivity contribution is 5.90. The molecule has 0 spiro atoms. The molecular weight excluding hydrogens is 491 g/mol. The first kappa shape index (κ1) is 28.8. The van der Waals surface area contributed by atoms with Gasteiger partial charge in [0, 0.05) is 0 Å². The molecular formula is C12H6F15NO3. The number of carbonyl (C=O) groups excluding carboxylic acids is 2. The third kappa shape index (κ3) is 4.26. The highest BCUT2D eigenvalue weighted by atomic mass is 19.4. The van der Waals surface area contributed by atoms with E-state index in [1.165, 1.54) is 0 Å². The third-order valence-electron chi connectivity index (χ3n) is 3.28. The zero-order valence-electron chi connectivity index (χ0n) is 13.9. The van der Waals surface area contributed by atoms with Crippen LogP contribution in [0.2, 0.25) is 0 Å². The minimum atomic E-state index is -8.55. The zero-order chi connectivity index (χ0) is 25.5. The summed E-state index contributed by atoms with van der Waals surface area (Å²) in [5, 5.41) is 6.42. The summed E-state index contributed by atoms with van der Waals surface area (Å²) in [5.41, 5.74) is 0. The molecule has 0 unspecified atom stereocenters. The molecule has 0 amide bonds. The first-order valence-corrected chi connectivity index (χ1v) is 6.95. The second-order valence-electron chi connectivity index (χ2n) is 5.45. The van der Waals surface area contributed by atoms with Crippen molar-refractivity contribution in [2.75, 3.05) is 0 Å². The lowest BCUT2D eigenvalue weighted by Crippen LogP contribution is -2.73. The highest BCUT2D eigenvalue weighted by Gasteiger charge is 2.94.